The Labute approximate surface area is 79.9 Å². The van der Waals surface area contributed by atoms with Crippen molar-refractivity contribution >= 4 is 5.78 Å². The van der Waals surface area contributed by atoms with Gasteiger partial charge in [-0.1, -0.05) is 0 Å². The highest BCUT2D eigenvalue weighted by Gasteiger charge is 2.53. The first-order chi connectivity index (χ1) is 6.27. The molecular weight excluding hydrogens is 160 g/mol. The summed E-state index contributed by atoms with van der Waals surface area (Å²) in [6, 6.07) is 0. The zero-order chi connectivity index (χ0) is 9.00. The van der Waals surface area contributed by atoms with Crippen molar-refractivity contribution < 1.29 is 4.79 Å². The lowest BCUT2D eigenvalue weighted by atomic mass is 9.70. The number of carbonyl (C=O) groups is 1. The number of Topliss-reactive ketones (excluding diaryl/α,β-unsaturated/α-hetero) is 1. The Kier molecular flexibility index (Phi) is 1.59. The number of fused-ring (bicyclic) bond motifs is 6. The van der Waals surface area contributed by atoms with E-state index in [9.17, 15) is 4.79 Å². The largest absolute Gasteiger partial charge is 0.300 e. The number of rotatable bonds is 1. The fraction of sp³-hybridized carbons (Fsp3) is 0.917. The third-order valence-corrected chi connectivity index (χ3v) is 4.95. The van der Waals surface area contributed by atoms with Gasteiger partial charge >= 0.3 is 0 Å². The summed E-state index contributed by atoms with van der Waals surface area (Å²) < 4.78 is 0. The normalized spacial score (nSPS) is 52.5. The molecule has 3 aliphatic rings. The molecule has 0 aromatic heterocycles. The molecule has 3 rings (SSSR count). The quantitative estimate of drug-likeness (QED) is 0.603. The summed E-state index contributed by atoms with van der Waals surface area (Å²) in [6.07, 6.45) is 7.02. The molecule has 3 fully saturated rings. The molecule has 0 heterocycles. The van der Waals surface area contributed by atoms with Crippen LogP contribution in [0, 0.1) is 29.6 Å². The van der Waals surface area contributed by atoms with Crippen LogP contribution in [-0.4, -0.2) is 5.78 Å². The van der Waals surface area contributed by atoms with Crippen LogP contribution in [0.5, 0.6) is 0 Å². The molecule has 0 amide bonds. The van der Waals surface area contributed by atoms with Gasteiger partial charge in [-0.3, -0.25) is 4.79 Å². The third kappa shape index (κ3) is 0.963. The second-order valence-electron chi connectivity index (χ2n) is 5.37. The van der Waals surface area contributed by atoms with Gasteiger partial charge in [0.15, 0.2) is 0 Å². The van der Waals surface area contributed by atoms with Crippen LogP contribution in [0.25, 0.3) is 0 Å². The number of ketones is 1. The summed E-state index contributed by atoms with van der Waals surface area (Å²) in [4.78, 5) is 11.6. The number of hydrogen-bond donors (Lipinski definition) is 0. The van der Waals surface area contributed by atoms with E-state index in [2.05, 4.69) is 0 Å². The lowest BCUT2D eigenvalue weighted by Gasteiger charge is -2.33. The first-order valence-electron chi connectivity index (χ1n) is 5.78. The van der Waals surface area contributed by atoms with Gasteiger partial charge in [0.1, 0.15) is 5.78 Å². The molecule has 0 N–H and O–H groups in total. The van der Waals surface area contributed by atoms with Gasteiger partial charge in [0.05, 0.1) is 0 Å². The summed E-state index contributed by atoms with van der Waals surface area (Å²) in [7, 11) is 0. The molecule has 0 radical (unpaired) electrons. The summed E-state index contributed by atoms with van der Waals surface area (Å²) in [5.41, 5.74) is 0. The van der Waals surface area contributed by atoms with Crippen LogP contribution < -0.4 is 0 Å². The Morgan fingerprint density at radius 3 is 2.00 bits per heavy atom. The molecule has 3 aliphatic carbocycles. The monoisotopic (exact) mass is 178 g/mol. The van der Waals surface area contributed by atoms with Gasteiger partial charge in [0.2, 0.25) is 0 Å². The average Bonchev–Trinajstić information content (AvgIpc) is 2.57. The van der Waals surface area contributed by atoms with Crippen LogP contribution >= 0.6 is 0 Å². The lowest BCUT2D eigenvalue weighted by Crippen LogP contribution is -2.33. The average molecular weight is 178 g/mol. The predicted octanol–water partition coefficient (Wildman–Crippen LogP) is 2.65. The Morgan fingerprint density at radius 1 is 1.00 bits per heavy atom. The molecule has 1 nitrogen and oxygen atoms in total. The Balaban J connectivity index is 1.95. The maximum Gasteiger partial charge on any atom is 0.133 e. The van der Waals surface area contributed by atoms with Crippen molar-refractivity contribution in [2.75, 3.05) is 0 Å². The molecule has 4 bridgehead atoms. The van der Waals surface area contributed by atoms with Gasteiger partial charge in [0, 0.05) is 5.92 Å². The van der Waals surface area contributed by atoms with E-state index < -0.39 is 0 Å². The molecule has 0 spiro atoms. The maximum absolute atomic E-state index is 11.6. The van der Waals surface area contributed by atoms with Gasteiger partial charge in [-0.25, -0.2) is 0 Å². The van der Waals surface area contributed by atoms with E-state index in [1.807, 2.05) is 6.92 Å². The topological polar surface area (TPSA) is 17.1 Å². The van der Waals surface area contributed by atoms with Crippen molar-refractivity contribution in [3.05, 3.63) is 0 Å². The third-order valence-electron chi connectivity index (χ3n) is 4.95. The lowest BCUT2D eigenvalue weighted by molar-refractivity contribution is -0.125. The van der Waals surface area contributed by atoms with Gasteiger partial charge in [-0.15, -0.1) is 0 Å². The fourth-order valence-corrected chi connectivity index (χ4v) is 4.55. The number of hydrogen-bond acceptors (Lipinski definition) is 1. The molecule has 1 unspecified atom stereocenters. The van der Waals surface area contributed by atoms with Gasteiger partial charge in [-0.2, -0.15) is 0 Å². The Bertz CT molecular complexity index is 228. The maximum atomic E-state index is 11.6. The van der Waals surface area contributed by atoms with Crippen LogP contribution in [0.4, 0.5) is 0 Å². The molecule has 0 aromatic rings. The fourth-order valence-electron chi connectivity index (χ4n) is 4.55. The van der Waals surface area contributed by atoms with Crippen molar-refractivity contribution in [2.45, 2.75) is 39.0 Å². The van der Waals surface area contributed by atoms with Gasteiger partial charge in [-0.05, 0) is 62.7 Å². The molecule has 0 aliphatic heterocycles. The van der Waals surface area contributed by atoms with Gasteiger partial charge < -0.3 is 0 Å². The minimum atomic E-state index is 0.478. The minimum Gasteiger partial charge on any atom is -0.300 e. The van der Waals surface area contributed by atoms with E-state index in [1.54, 1.807) is 0 Å². The number of carbonyl (C=O) groups excluding carboxylic acids is 1. The molecular formula is C12H18O. The van der Waals surface area contributed by atoms with Crippen LogP contribution in [0.2, 0.25) is 0 Å². The van der Waals surface area contributed by atoms with Crippen LogP contribution in [0.15, 0.2) is 0 Å². The zero-order valence-corrected chi connectivity index (χ0v) is 8.33. The van der Waals surface area contributed by atoms with E-state index in [0.29, 0.717) is 11.7 Å². The SMILES string of the molecule is CC(=O)C1[C@H]2CC[C@@H]1[C@H]1CC[C@@H]2C1. The molecule has 5 atom stereocenters. The highest BCUT2D eigenvalue weighted by molar-refractivity contribution is 5.79. The smallest absolute Gasteiger partial charge is 0.133 e. The van der Waals surface area contributed by atoms with Crippen LogP contribution in [-0.2, 0) is 4.79 Å². The van der Waals surface area contributed by atoms with E-state index in [-0.39, 0.29) is 0 Å². The highest BCUT2D eigenvalue weighted by Crippen LogP contribution is 2.59. The zero-order valence-electron chi connectivity index (χ0n) is 8.33. The Morgan fingerprint density at radius 2 is 1.54 bits per heavy atom. The predicted molar refractivity (Wildman–Crippen MR) is 51.2 cm³/mol. The first kappa shape index (κ1) is 8.02. The van der Waals surface area contributed by atoms with E-state index in [4.69, 9.17) is 0 Å². The van der Waals surface area contributed by atoms with Crippen LogP contribution in [0.3, 0.4) is 0 Å². The van der Waals surface area contributed by atoms with E-state index >= 15 is 0 Å². The van der Waals surface area contributed by atoms with E-state index in [1.165, 1.54) is 32.1 Å². The molecule has 72 valence electrons. The molecule has 3 saturated carbocycles. The molecule has 0 aromatic carbocycles. The summed E-state index contributed by atoms with van der Waals surface area (Å²) in [6.45, 7) is 1.82. The second-order valence-corrected chi connectivity index (χ2v) is 5.37. The van der Waals surface area contributed by atoms with Gasteiger partial charge in [0.25, 0.3) is 0 Å². The van der Waals surface area contributed by atoms with Crippen molar-refractivity contribution in [3.63, 3.8) is 0 Å². The highest BCUT2D eigenvalue weighted by atomic mass is 16.1. The Hall–Kier alpha value is -0.330. The second kappa shape index (κ2) is 2.59. The molecule has 0 saturated heterocycles. The minimum absolute atomic E-state index is 0.478. The summed E-state index contributed by atoms with van der Waals surface area (Å²) in [5, 5.41) is 0. The summed E-state index contributed by atoms with van der Waals surface area (Å²) in [5.74, 6) is 4.41. The molecule has 1 heteroatoms. The van der Waals surface area contributed by atoms with Crippen molar-refractivity contribution in [1.29, 1.82) is 0 Å². The van der Waals surface area contributed by atoms with E-state index in [0.717, 1.165) is 23.7 Å². The first-order valence-corrected chi connectivity index (χ1v) is 5.78. The van der Waals surface area contributed by atoms with Crippen molar-refractivity contribution in [3.8, 4) is 0 Å². The standard InChI is InChI=1S/C12H18O/c1-7(13)12-10-4-5-11(12)9-3-2-8(10)6-9/h8-12H,2-6H2,1H3/t8-,9+,10+,11-,12?. The van der Waals surface area contributed by atoms with Crippen molar-refractivity contribution in [1.82, 2.24) is 0 Å². The van der Waals surface area contributed by atoms with Crippen LogP contribution in [0.1, 0.15) is 39.0 Å². The summed E-state index contributed by atoms with van der Waals surface area (Å²) >= 11 is 0. The molecule has 13 heavy (non-hydrogen) atoms. The van der Waals surface area contributed by atoms with Crippen molar-refractivity contribution in [2.24, 2.45) is 29.6 Å².